The molecule has 0 radical (unpaired) electrons. The van der Waals surface area contributed by atoms with Crippen LogP contribution in [0.15, 0.2) is 53.4 Å². The summed E-state index contributed by atoms with van der Waals surface area (Å²) >= 11 is 0. The molecule has 0 N–H and O–H groups in total. The standard InChI is InChI=1S/C19H22N2O5S/c1-25-17-10-6-9-16(18(17)26-2)19(22)20-11-13-21(14-12-20)27(23,24)15-7-4-3-5-8-15/h3-10H,11-14H2,1-2H3. The molecule has 8 heteroatoms. The topological polar surface area (TPSA) is 76.2 Å². The van der Waals surface area contributed by atoms with E-state index < -0.39 is 10.0 Å². The summed E-state index contributed by atoms with van der Waals surface area (Å²) in [5, 5.41) is 0. The molecule has 0 atom stereocenters. The number of hydrogen-bond donors (Lipinski definition) is 0. The van der Waals surface area contributed by atoms with Gasteiger partial charge in [-0.1, -0.05) is 24.3 Å². The van der Waals surface area contributed by atoms with Crippen molar-refractivity contribution in [2.75, 3.05) is 40.4 Å². The number of sulfonamides is 1. The molecule has 1 heterocycles. The summed E-state index contributed by atoms with van der Waals surface area (Å²) in [5.41, 5.74) is 0.399. The number of nitrogens with zero attached hydrogens (tertiary/aromatic N) is 2. The van der Waals surface area contributed by atoms with Gasteiger partial charge in [0.1, 0.15) is 0 Å². The lowest BCUT2D eigenvalue weighted by atomic mass is 10.1. The van der Waals surface area contributed by atoms with E-state index in [1.807, 2.05) is 0 Å². The highest BCUT2D eigenvalue weighted by atomic mass is 32.2. The van der Waals surface area contributed by atoms with Crippen molar-refractivity contribution in [2.45, 2.75) is 4.90 Å². The van der Waals surface area contributed by atoms with Crippen molar-refractivity contribution in [3.63, 3.8) is 0 Å². The van der Waals surface area contributed by atoms with Gasteiger partial charge in [0.2, 0.25) is 10.0 Å². The first-order valence-corrected chi connectivity index (χ1v) is 9.98. The Morgan fingerprint density at radius 2 is 1.56 bits per heavy atom. The van der Waals surface area contributed by atoms with Crippen molar-refractivity contribution < 1.29 is 22.7 Å². The Labute approximate surface area is 159 Å². The number of carbonyl (C=O) groups is 1. The van der Waals surface area contributed by atoms with Crippen molar-refractivity contribution in [1.82, 2.24) is 9.21 Å². The fourth-order valence-electron chi connectivity index (χ4n) is 3.10. The second-order valence-electron chi connectivity index (χ2n) is 6.05. The van der Waals surface area contributed by atoms with Crippen molar-refractivity contribution in [3.8, 4) is 11.5 Å². The van der Waals surface area contributed by atoms with Crippen LogP contribution in [0.4, 0.5) is 0 Å². The molecule has 1 fully saturated rings. The third-order valence-electron chi connectivity index (χ3n) is 4.54. The van der Waals surface area contributed by atoms with Gasteiger partial charge in [0.15, 0.2) is 11.5 Å². The molecule has 0 aromatic heterocycles. The van der Waals surface area contributed by atoms with Crippen LogP contribution in [-0.4, -0.2) is 63.9 Å². The van der Waals surface area contributed by atoms with Gasteiger partial charge in [-0.05, 0) is 24.3 Å². The summed E-state index contributed by atoms with van der Waals surface area (Å²) in [6, 6.07) is 13.4. The Kier molecular flexibility index (Phi) is 5.67. The summed E-state index contributed by atoms with van der Waals surface area (Å²) in [5.74, 6) is 0.653. The van der Waals surface area contributed by atoms with Gasteiger partial charge >= 0.3 is 0 Å². The zero-order valence-electron chi connectivity index (χ0n) is 15.3. The minimum absolute atomic E-state index is 0.206. The molecule has 0 spiro atoms. The summed E-state index contributed by atoms with van der Waals surface area (Å²) in [6.07, 6.45) is 0. The monoisotopic (exact) mass is 390 g/mol. The van der Waals surface area contributed by atoms with E-state index in [2.05, 4.69) is 0 Å². The highest BCUT2D eigenvalue weighted by Gasteiger charge is 2.31. The minimum Gasteiger partial charge on any atom is -0.493 e. The van der Waals surface area contributed by atoms with Crippen LogP contribution in [0, 0.1) is 0 Å². The molecule has 7 nitrogen and oxygen atoms in total. The van der Waals surface area contributed by atoms with Crippen LogP contribution in [0.2, 0.25) is 0 Å². The summed E-state index contributed by atoms with van der Waals surface area (Å²) < 4.78 is 37.4. The average molecular weight is 390 g/mol. The van der Waals surface area contributed by atoms with E-state index >= 15 is 0 Å². The highest BCUT2D eigenvalue weighted by molar-refractivity contribution is 7.89. The molecule has 0 saturated carbocycles. The molecular formula is C19H22N2O5S. The molecular weight excluding hydrogens is 368 g/mol. The molecule has 0 bridgehead atoms. The van der Waals surface area contributed by atoms with E-state index in [1.165, 1.54) is 18.5 Å². The molecule has 1 aliphatic rings. The van der Waals surface area contributed by atoms with E-state index in [4.69, 9.17) is 9.47 Å². The second-order valence-corrected chi connectivity index (χ2v) is 7.99. The quantitative estimate of drug-likeness (QED) is 0.779. The number of piperazine rings is 1. The van der Waals surface area contributed by atoms with Crippen molar-refractivity contribution >= 4 is 15.9 Å². The first-order chi connectivity index (χ1) is 13.0. The molecule has 2 aromatic rings. The van der Waals surface area contributed by atoms with Crippen LogP contribution in [-0.2, 0) is 10.0 Å². The molecule has 2 aromatic carbocycles. The first kappa shape index (κ1) is 19.2. The lowest BCUT2D eigenvalue weighted by molar-refractivity contribution is 0.0694. The van der Waals surface area contributed by atoms with Gasteiger partial charge in [0.05, 0.1) is 24.7 Å². The van der Waals surface area contributed by atoms with Crippen molar-refractivity contribution in [1.29, 1.82) is 0 Å². The minimum atomic E-state index is -3.55. The Hall–Kier alpha value is -2.58. The number of methoxy groups -OCH3 is 2. The van der Waals surface area contributed by atoms with E-state index in [0.717, 1.165) is 0 Å². The lowest BCUT2D eigenvalue weighted by Gasteiger charge is -2.34. The Bertz CT molecular complexity index is 907. The summed E-state index contributed by atoms with van der Waals surface area (Å²) in [4.78, 5) is 14.8. The van der Waals surface area contributed by atoms with Crippen LogP contribution < -0.4 is 9.47 Å². The van der Waals surface area contributed by atoms with Crippen molar-refractivity contribution in [3.05, 3.63) is 54.1 Å². The van der Waals surface area contributed by atoms with E-state index in [-0.39, 0.29) is 23.9 Å². The SMILES string of the molecule is COc1cccc(C(=O)N2CCN(S(=O)(=O)c3ccccc3)CC2)c1OC. The molecule has 0 unspecified atom stereocenters. The molecule has 144 valence electrons. The Morgan fingerprint density at radius 3 is 2.15 bits per heavy atom. The van der Waals surface area contributed by atoms with Gasteiger partial charge in [-0.3, -0.25) is 4.79 Å². The number of hydrogen-bond acceptors (Lipinski definition) is 5. The molecule has 0 aliphatic carbocycles. The van der Waals surface area contributed by atoms with Gasteiger partial charge in [-0.15, -0.1) is 0 Å². The molecule has 1 saturated heterocycles. The van der Waals surface area contributed by atoms with Crippen LogP contribution in [0.3, 0.4) is 0 Å². The predicted molar refractivity (Wildman–Crippen MR) is 101 cm³/mol. The smallest absolute Gasteiger partial charge is 0.257 e. The average Bonchev–Trinajstić information content (AvgIpc) is 2.73. The van der Waals surface area contributed by atoms with Gasteiger partial charge < -0.3 is 14.4 Å². The normalized spacial score (nSPS) is 15.4. The van der Waals surface area contributed by atoms with Crippen molar-refractivity contribution in [2.24, 2.45) is 0 Å². The predicted octanol–water partition coefficient (Wildman–Crippen LogP) is 1.85. The third-order valence-corrected chi connectivity index (χ3v) is 6.45. The van der Waals surface area contributed by atoms with Crippen LogP contribution in [0.25, 0.3) is 0 Å². The van der Waals surface area contributed by atoms with Gasteiger partial charge in [-0.25, -0.2) is 8.42 Å². The number of ether oxygens (including phenoxy) is 2. The van der Waals surface area contributed by atoms with Gasteiger partial charge in [0.25, 0.3) is 5.91 Å². The van der Waals surface area contributed by atoms with Gasteiger partial charge in [-0.2, -0.15) is 4.31 Å². The zero-order valence-corrected chi connectivity index (χ0v) is 16.1. The number of benzene rings is 2. The van der Waals surface area contributed by atoms with E-state index in [9.17, 15) is 13.2 Å². The Balaban J connectivity index is 1.74. The molecule has 27 heavy (non-hydrogen) atoms. The maximum atomic E-state index is 12.9. The van der Waals surface area contributed by atoms with Crippen LogP contribution in [0.5, 0.6) is 11.5 Å². The number of para-hydroxylation sites is 1. The number of carbonyl (C=O) groups excluding carboxylic acids is 1. The largest absolute Gasteiger partial charge is 0.493 e. The maximum Gasteiger partial charge on any atom is 0.257 e. The fourth-order valence-corrected chi connectivity index (χ4v) is 4.54. The molecule has 1 aliphatic heterocycles. The first-order valence-electron chi connectivity index (χ1n) is 8.54. The van der Waals surface area contributed by atoms with Crippen LogP contribution >= 0.6 is 0 Å². The Morgan fingerprint density at radius 1 is 0.889 bits per heavy atom. The summed E-state index contributed by atoms with van der Waals surface area (Å²) in [6.45, 7) is 1.11. The van der Waals surface area contributed by atoms with Crippen LogP contribution in [0.1, 0.15) is 10.4 Å². The lowest BCUT2D eigenvalue weighted by Crippen LogP contribution is -2.50. The third kappa shape index (κ3) is 3.77. The number of rotatable bonds is 5. The van der Waals surface area contributed by atoms with E-state index in [1.54, 1.807) is 53.4 Å². The molecule has 3 rings (SSSR count). The zero-order chi connectivity index (χ0) is 19.4. The maximum absolute atomic E-state index is 12.9. The van der Waals surface area contributed by atoms with Gasteiger partial charge in [0, 0.05) is 26.2 Å². The second kappa shape index (κ2) is 7.98. The highest BCUT2D eigenvalue weighted by Crippen LogP contribution is 2.31. The fraction of sp³-hybridized carbons (Fsp3) is 0.316. The number of amides is 1. The molecule has 1 amide bonds. The van der Waals surface area contributed by atoms with E-state index in [0.29, 0.717) is 30.2 Å². The summed E-state index contributed by atoms with van der Waals surface area (Å²) in [7, 11) is -0.550.